The van der Waals surface area contributed by atoms with Gasteiger partial charge in [-0.25, -0.2) is 13.1 Å². The van der Waals surface area contributed by atoms with Crippen LogP contribution in [0.1, 0.15) is 33.0 Å². The molecule has 1 heterocycles. The van der Waals surface area contributed by atoms with Gasteiger partial charge in [0.15, 0.2) is 0 Å². The summed E-state index contributed by atoms with van der Waals surface area (Å²) in [6.07, 6.45) is 0.364. The maximum Gasteiger partial charge on any atom is 0.274 e. The number of hydrogen-bond acceptors (Lipinski definition) is 5. The molecular formula is C13H24N2O4S. The van der Waals surface area contributed by atoms with Gasteiger partial charge in [0, 0.05) is 12.6 Å². The van der Waals surface area contributed by atoms with Crippen LogP contribution in [-0.2, 0) is 16.6 Å². The van der Waals surface area contributed by atoms with Gasteiger partial charge in [-0.05, 0) is 37.9 Å². The first-order valence-corrected chi connectivity index (χ1v) is 8.26. The molecule has 0 aromatic carbocycles. The zero-order chi connectivity index (χ0) is 15.2. The van der Waals surface area contributed by atoms with E-state index in [1.807, 2.05) is 0 Å². The van der Waals surface area contributed by atoms with Crippen LogP contribution in [0.15, 0.2) is 21.6 Å². The lowest BCUT2D eigenvalue weighted by molar-refractivity contribution is 0.275. The third kappa shape index (κ3) is 5.62. The van der Waals surface area contributed by atoms with E-state index in [0.29, 0.717) is 24.6 Å². The number of aliphatic hydroxyl groups excluding tert-OH is 1. The summed E-state index contributed by atoms with van der Waals surface area (Å²) < 4.78 is 31.8. The molecule has 1 aromatic rings. The van der Waals surface area contributed by atoms with Crippen molar-refractivity contribution in [2.45, 2.75) is 44.9 Å². The minimum absolute atomic E-state index is 0.0633. The van der Waals surface area contributed by atoms with Gasteiger partial charge < -0.3 is 14.8 Å². The van der Waals surface area contributed by atoms with E-state index in [1.54, 1.807) is 13.0 Å². The molecule has 0 aliphatic rings. The Kier molecular flexibility index (Phi) is 6.67. The Morgan fingerprint density at radius 1 is 1.30 bits per heavy atom. The highest BCUT2D eigenvalue weighted by Crippen LogP contribution is 2.14. The molecule has 7 heteroatoms. The first-order chi connectivity index (χ1) is 9.35. The third-order valence-corrected chi connectivity index (χ3v) is 4.13. The molecule has 1 atom stereocenters. The average Bonchev–Trinajstić information content (AvgIpc) is 2.77. The molecule has 0 radical (unpaired) electrons. The standard InChI is InChI=1S/C13H24N2O4S/c1-10(2)8-14-9-12-4-5-13(19-12)20(17,18)15-11(3)6-7-16/h4-5,10-11,14-16H,6-9H2,1-3H3. The molecule has 3 N–H and O–H groups in total. The van der Waals surface area contributed by atoms with Crippen molar-refractivity contribution in [1.29, 1.82) is 0 Å². The van der Waals surface area contributed by atoms with Crippen molar-refractivity contribution in [3.05, 3.63) is 17.9 Å². The van der Waals surface area contributed by atoms with Crippen molar-refractivity contribution in [1.82, 2.24) is 10.0 Å². The molecule has 0 bridgehead atoms. The van der Waals surface area contributed by atoms with Crippen LogP contribution in [0.2, 0.25) is 0 Å². The predicted molar refractivity (Wildman–Crippen MR) is 76.7 cm³/mol. The molecule has 1 rings (SSSR count). The summed E-state index contributed by atoms with van der Waals surface area (Å²) in [4.78, 5) is 0. The molecule has 1 unspecified atom stereocenters. The van der Waals surface area contributed by atoms with Crippen molar-refractivity contribution < 1.29 is 17.9 Å². The van der Waals surface area contributed by atoms with Gasteiger partial charge in [0.2, 0.25) is 5.09 Å². The molecule has 0 aliphatic carbocycles. The fourth-order valence-corrected chi connectivity index (χ4v) is 2.88. The van der Waals surface area contributed by atoms with Crippen molar-refractivity contribution in [3.63, 3.8) is 0 Å². The number of hydrogen-bond donors (Lipinski definition) is 3. The Bertz CT molecular complexity index is 496. The second kappa shape index (κ2) is 7.78. The van der Waals surface area contributed by atoms with E-state index in [9.17, 15) is 8.42 Å². The molecule has 0 fully saturated rings. The van der Waals surface area contributed by atoms with Gasteiger partial charge in [-0.1, -0.05) is 13.8 Å². The van der Waals surface area contributed by atoms with Crippen LogP contribution in [0.5, 0.6) is 0 Å². The van der Waals surface area contributed by atoms with Crippen molar-refractivity contribution in [3.8, 4) is 0 Å². The van der Waals surface area contributed by atoms with Gasteiger partial charge >= 0.3 is 0 Å². The van der Waals surface area contributed by atoms with E-state index >= 15 is 0 Å². The van der Waals surface area contributed by atoms with Crippen LogP contribution in [0.3, 0.4) is 0 Å². The third-order valence-electron chi connectivity index (χ3n) is 2.67. The molecule has 20 heavy (non-hydrogen) atoms. The van der Waals surface area contributed by atoms with Gasteiger partial charge in [-0.15, -0.1) is 0 Å². The van der Waals surface area contributed by atoms with E-state index in [1.165, 1.54) is 6.07 Å². The molecular weight excluding hydrogens is 280 g/mol. The summed E-state index contributed by atoms with van der Waals surface area (Å²) in [5.74, 6) is 1.11. The Morgan fingerprint density at radius 2 is 2.00 bits per heavy atom. The molecule has 0 saturated heterocycles. The zero-order valence-electron chi connectivity index (χ0n) is 12.2. The molecule has 6 nitrogen and oxygen atoms in total. The number of nitrogens with one attached hydrogen (secondary N) is 2. The quantitative estimate of drug-likeness (QED) is 0.635. The lowest BCUT2D eigenvalue weighted by Crippen LogP contribution is -2.33. The van der Waals surface area contributed by atoms with Crippen molar-refractivity contribution in [2.75, 3.05) is 13.2 Å². The van der Waals surface area contributed by atoms with E-state index in [4.69, 9.17) is 9.52 Å². The van der Waals surface area contributed by atoms with Crippen molar-refractivity contribution in [2.24, 2.45) is 5.92 Å². The lowest BCUT2D eigenvalue weighted by Gasteiger charge is -2.11. The highest BCUT2D eigenvalue weighted by atomic mass is 32.2. The Labute approximate surface area is 120 Å². The van der Waals surface area contributed by atoms with Gasteiger partial charge in [-0.3, -0.25) is 0 Å². The topological polar surface area (TPSA) is 91.6 Å². The molecule has 0 spiro atoms. The molecule has 0 amide bonds. The van der Waals surface area contributed by atoms with E-state index in [0.717, 1.165) is 6.54 Å². The predicted octanol–water partition coefficient (Wildman–Crippen LogP) is 1.07. The van der Waals surface area contributed by atoms with E-state index < -0.39 is 10.0 Å². The van der Waals surface area contributed by atoms with Crippen LogP contribution in [0.25, 0.3) is 0 Å². The molecule has 0 aliphatic heterocycles. The first-order valence-electron chi connectivity index (χ1n) is 6.77. The van der Waals surface area contributed by atoms with Crippen LogP contribution in [0.4, 0.5) is 0 Å². The lowest BCUT2D eigenvalue weighted by atomic mass is 10.2. The molecule has 1 aromatic heterocycles. The van der Waals surface area contributed by atoms with Gasteiger partial charge in [-0.2, -0.15) is 0 Å². The maximum atomic E-state index is 12.0. The molecule has 116 valence electrons. The normalized spacial score (nSPS) is 13.8. The monoisotopic (exact) mass is 304 g/mol. The van der Waals surface area contributed by atoms with Gasteiger partial charge in [0.1, 0.15) is 5.76 Å². The highest BCUT2D eigenvalue weighted by Gasteiger charge is 2.21. The Balaban J connectivity index is 2.61. The number of aliphatic hydroxyl groups is 1. The zero-order valence-corrected chi connectivity index (χ0v) is 13.0. The fourth-order valence-electron chi connectivity index (χ4n) is 1.66. The minimum Gasteiger partial charge on any atom is -0.447 e. The maximum absolute atomic E-state index is 12.0. The van der Waals surface area contributed by atoms with Crippen LogP contribution in [-0.4, -0.2) is 32.7 Å². The molecule has 0 saturated carbocycles. The second-order valence-corrected chi connectivity index (χ2v) is 6.93. The van der Waals surface area contributed by atoms with Gasteiger partial charge in [0.05, 0.1) is 6.54 Å². The second-order valence-electron chi connectivity index (χ2n) is 5.28. The van der Waals surface area contributed by atoms with Crippen LogP contribution >= 0.6 is 0 Å². The van der Waals surface area contributed by atoms with E-state index in [2.05, 4.69) is 23.9 Å². The summed E-state index contributed by atoms with van der Waals surface area (Å²) in [5.41, 5.74) is 0. The highest BCUT2D eigenvalue weighted by molar-refractivity contribution is 7.89. The van der Waals surface area contributed by atoms with E-state index in [-0.39, 0.29) is 17.7 Å². The fraction of sp³-hybridized carbons (Fsp3) is 0.692. The Hall–Kier alpha value is -0.890. The minimum atomic E-state index is -3.66. The van der Waals surface area contributed by atoms with Gasteiger partial charge in [0.25, 0.3) is 10.0 Å². The average molecular weight is 304 g/mol. The van der Waals surface area contributed by atoms with Crippen LogP contribution < -0.4 is 10.0 Å². The summed E-state index contributed by atoms with van der Waals surface area (Å²) in [6.45, 7) is 7.16. The van der Waals surface area contributed by atoms with Crippen LogP contribution in [0, 0.1) is 5.92 Å². The largest absolute Gasteiger partial charge is 0.447 e. The number of rotatable bonds is 9. The summed E-state index contributed by atoms with van der Waals surface area (Å²) >= 11 is 0. The summed E-state index contributed by atoms with van der Waals surface area (Å²) in [5, 5.41) is 11.9. The number of sulfonamides is 1. The summed E-state index contributed by atoms with van der Waals surface area (Å²) in [6, 6.07) is 2.76. The first kappa shape index (κ1) is 17.2. The summed E-state index contributed by atoms with van der Waals surface area (Å²) in [7, 11) is -3.66. The smallest absolute Gasteiger partial charge is 0.274 e. The van der Waals surface area contributed by atoms with Crippen molar-refractivity contribution >= 4 is 10.0 Å². The SMILES string of the molecule is CC(C)CNCc1ccc(S(=O)(=O)NC(C)CCO)o1. The number of furan rings is 1. The Morgan fingerprint density at radius 3 is 2.60 bits per heavy atom.